The Kier molecular flexibility index (Phi) is 3.72. The van der Waals surface area contributed by atoms with E-state index in [0.29, 0.717) is 10.6 Å². The number of hydrogen-bond donors (Lipinski definition) is 0. The smallest absolute Gasteiger partial charge is 0.339 e. The fourth-order valence-corrected chi connectivity index (χ4v) is 1.11. The topological polar surface area (TPSA) is 26.3 Å². The summed E-state index contributed by atoms with van der Waals surface area (Å²) in [6.07, 6.45) is 0. The Balaban J connectivity index is 2.70. The minimum Gasteiger partial charge on any atom is -0.458 e. The van der Waals surface area contributed by atoms with Crippen LogP contribution in [0, 0.1) is 0 Å². The van der Waals surface area contributed by atoms with Crippen LogP contribution in [0.15, 0.2) is 36.4 Å². The van der Waals surface area contributed by atoms with Crippen LogP contribution in [-0.2, 0) is 4.74 Å². The van der Waals surface area contributed by atoms with Gasteiger partial charge in [0.25, 0.3) is 0 Å². The molecule has 0 radical (unpaired) electrons. The highest BCUT2D eigenvalue weighted by atomic mass is 35.5. The van der Waals surface area contributed by atoms with E-state index in [1.54, 1.807) is 31.2 Å². The summed E-state index contributed by atoms with van der Waals surface area (Å²) in [6, 6.07) is 6.78. The third-order valence-corrected chi connectivity index (χ3v) is 1.87. The maximum atomic E-state index is 11.4. The Bertz CT molecular complexity index is 358. The van der Waals surface area contributed by atoms with Gasteiger partial charge in [0, 0.05) is 0 Å². The standard InChI is InChI=1S/C11H11ClO2/c1-8(2)7-14-11(13)9-5-3-4-6-10(9)12/h3-6H,1,7H2,2H3. The second-order valence-electron chi connectivity index (χ2n) is 3.01. The van der Waals surface area contributed by atoms with Gasteiger partial charge in [0.2, 0.25) is 0 Å². The zero-order valence-corrected chi connectivity index (χ0v) is 8.67. The molecule has 0 saturated carbocycles. The van der Waals surface area contributed by atoms with Gasteiger partial charge in [-0.05, 0) is 24.6 Å². The van der Waals surface area contributed by atoms with E-state index in [-0.39, 0.29) is 6.61 Å². The SMILES string of the molecule is C=C(C)COC(=O)c1ccccc1Cl. The van der Waals surface area contributed by atoms with Crippen molar-refractivity contribution < 1.29 is 9.53 Å². The van der Waals surface area contributed by atoms with Crippen molar-refractivity contribution >= 4 is 17.6 Å². The van der Waals surface area contributed by atoms with E-state index in [0.717, 1.165) is 5.57 Å². The molecule has 14 heavy (non-hydrogen) atoms. The molecule has 74 valence electrons. The van der Waals surface area contributed by atoms with Crippen molar-refractivity contribution in [2.75, 3.05) is 6.61 Å². The molecule has 0 aliphatic rings. The molecule has 0 heterocycles. The van der Waals surface area contributed by atoms with Crippen LogP contribution in [0.4, 0.5) is 0 Å². The molecule has 0 saturated heterocycles. The first kappa shape index (κ1) is 10.8. The van der Waals surface area contributed by atoms with Gasteiger partial charge < -0.3 is 4.74 Å². The molecule has 1 rings (SSSR count). The minimum absolute atomic E-state index is 0.226. The Morgan fingerprint density at radius 1 is 1.50 bits per heavy atom. The lowest BCUT2D eigenvalue weighted by Crippen LogP contribution is -2.07. The van der Waals surface area contributed by atoms with Crippen LogP contribution in [0.5, 0.6) is 0 Å². The third-order valence-electron chi connectivity index (χ3n) is 1.54. The predicted octanol–water partition coefficient (Wildman–Crippen LogP) is 3.07. The summed E-state index contributed by atoms with van der Waals surface area (Å²) in [5.74, 6) is -0.418. The number of benzene rings is 1. The predicted molar refractivity (Wildman–Crippen MR) is 56.5 cm³/mol. The lowest BCUT2D eigenvalue weighted by Gasteiger charge is -2.05. The van der Waals surface area contributed by atoms with Crippen molar-refractivity contribution in [3.05, 3.63) is 47.0 Å². The normalized spacial score (nSPS) is 9.57. The average Bonchev–Trinajstić information content (AvgIpc) is 2.15. The van der Waals surface area contributed by atoms with Crippen LogP contribution >= 0.6 is 11.6 Å². The number of carbonyl (C=O) groups is 1. The van der Waals surface area contributed by atoms with E-state index >= 15 is 0 Å². The van der Waals surface area contributed by atoms with Crippen LogP contribution in [0.2, 0.25) is 5.02 Å². The molecule has 0 atom stereocenters. The number of halogens is 1. The fraction of sp³-hybridized carbons (Fsp3) is 0.182. The molecule has 0 fully saturated rings. The molecular formula is C11H11ClO2. The zero-order chi connectivity index (χ0) is 10.6. The maximum Gasteiger partial charge on any atom is 0.339 e. The summed E-state index contributed by atoms with van der Waals surface area (Å²) in [4.78, 5) is 11.4. The van der Waals surface area contributed by atoms with Crippen LogP contribution in [0.25, 0.3) is 0 Å². The van der Waals surface area contributed by atoms with Gasteiger partial charge in [-0.25, -0.2) is 4.79 Å². The highest BCUT2D eigenvalue weighted by Gasteiger charge is 2.10. The number of esters is 1. The number of hydrogen-bond acceptors (Lipinski definition) is 2. The summed E-state index contributed by atoms with van der Waals surface area (Å²) in [5.41, 5.74) is 1.18. The fourth-order valence-electron chi connectivity index (χ4n) is 0.893. The first-order valence-corrected chi connectivity index (χ1v) is 4.55. The van der Waals surface area contributed by atoms with Crippen molar-refractivity contribution in [2.24, 2.45) is 0 Å². The van der Waals surface area contributed by atoms with E-state index in [9.17, 15) is 4.79 Å². The molecule has 0 N–H and O–H groups in total. The van der Waals surface area contributed by atoms with Crippen molar-refractivity contribution in [1.82, 2.24) is 0 Å². The quantitative estimate of drug-likeness (QED) is 0.566. The molecule has 0 aromatic heterocycles. The molecule has 0 spiro atoms. The third kappa shape index (κ3) is 2.89. The highest BCUT2D eigenvalue weighted by Crippen LogP contribution is 2.15. The molecule has 0 amide bonds. The van der Waals surface area contributed by atoms with Crippen LogP contribution in [0.1, 0.15) is 17.3 Å². The van der Waals surface area contributed by atoms with Gasteiger partial charge in [-0.2, -0.15) is 0 Å². The first-order chi connectivity index (χ1) is 6.61. The van der Waals surface area contributed by atoms with Gasteiger partial charge in [-0.3, -0.25) is 0 Å². The Hall–Kier alpha value is -1.28. The molecule has 2 nitrogen and oxygen atoms in total. The van der Waals surface area contributed by atoms with Crippen molar-refractivity contribution in [2.45, 2.75) is 6.92 Å². The summed E-state index contributed by atoms with van der Waals surface area (Å²) < 4.78 is 4.95. The molecule has 1 aromatic rings. The van der Waals surface area contributed by atoms with E-state index in [4.69, 9.17) is 16.3 Å². The second kappa shape index (κ2) is 4.82. The van der Waals surface area contributed by atoms with Gasteiger partial charge in [-0.1, -0.05) is 30.3 Å². The number of carbonyl (C=O) groups excluding carboxylic acids is 1. The Morgan fingerprint density at radius 3 is 2.71 bits per heavy atom. The summed E-state index contributed by atoms with van der Waals surface area (Å²) >= 11 is 5.81. The molecular weight excluding hydrogens is 200 g/mol. The monoisotopic (exact) mass is 210 g/mol. The van der Waals surface area contributed by atoms with Crippen molar-refractivity contribution in [1.29, 1.82) is 0 Å². The van der Waals surface area contributed by atoms with Gasteiger partial charge in [0.15, 0.2) is 0 Å². The van der Waals surface area contributed by atoms with Gasteiger partial charge >= 0.3 is 5.97 Å². The van der Waals surface area contributed by atoms with Crippen LogP contribution < -0.4 is 0 Å². The van der Waals surface area contributed by atoms with E-state index in [1.165, 1.54) is 0 Å². The lowest BCUT2D eigenvalue weighted by atomic mass is 10.2. The average molecular weight is 211 g/mol. The van der Waals surface area contributed by atoms with E-state index in [1.807, 2.05) is 0 Å². The van der Waals surface area contributed by atoms with Gasteiger partial charge in [0.05, 0.1) is 10.6 Å². The van der Waals surface area contributed by atoms with Crippen LogP contribution in [0.3, 0.4) is 0 Å². The lowest BCUT2D eigenvalue weighted by molar-refractivity contribution is 0.0540. The Morgan fingerprint density at radius 2 is 2.14 bits per heavy atom. The first-order valence-electron chi connectivity index (χ1n) is 4.17. The largest absolute Gasteiger partial charge is 0.458 e. The molecule has 0 unspecified atom stereocenters. The molecule has 0 aliphatic carbocycles. The van der Waals surface area contributed by atoms with Crippen molar-refractivity contribution in [3.63, 3.8) is 0 Å². The maximum absolute atomic E-state index is 11.4. The molecule has 3 heteroatoms. The van der Waals surface area contributed by atoms with Crippen LogP contribution in [-0.4, -0.2) is 12.6 Å². The number of ether oxygens (including phenoxy) is 1. The van der Waals surface area contributed by atoms with E-state index < -0.39 is 5.97 Å². The summed E-state index contributed by atoms with van der Waals surface area (Å²) in [7, 11) is 0. The minimum atomic E-state index is -0.418. The number of rotatable bonds is 3. The second-order valence-corrected chi connectivity index (χ2v) is 3.42. The summed E-state index contributed by atoms with van der Waals surface area (Å²) in [5, 5.41) is 0.402. The van der Waals surface area contributed by atoms with Gasteiger partial charge in [0.1, 0.15) is 6.61 Å². The summed E-state index contributed by atoms with van der Waals surface area (Å²) in [6.45, 7) is 5.65. The van der Waals surface area contributed by atoms with Crippen molar-refractivity contribution in [3.8, 4) is 0 Å². The highest BCUT2D eigenvalue weighted by molar-refractivity contribution is 6.33. The van der Waals surface area contributed by atoms with E-state index in [2.05, 4.69) is 6.58 Å². The molecule has 1 aromatic carbocycles. The van der Waals surface area contributed by atoms with Gasteiger partial charge in [-0.15, -0.1) is 0 Å². The zero-order valence-electron chi connectivity index (χ0n) is 7.92. The molecule has 0 aliphatic heterocycles. The molecule has 0 bridgehead atoms. The Labute approximate surface area is 88.1 Å².